The highest BCUT2D eigenvalue weighted by Gasteiger charge is 2.18. The van der Waals surface area contributed by atoms with Crippen LogP contribution in [0.2, 0.25) is 0 Å². The molecule has 0 fully saturated rings. The lowest BCUT2D eigenvalue weighted by molar-refractivity contribution is -0.528. The van der Waals surface area contributed by atoms with E-state index in [1.54, 1.807) is 24.3 Å². The van der Waals surface area contributed by atoms with Crippen molar-refractivity contribution in [1.29, 1.82) is 0 Å². The van der Waals surface area contributed by atoms with Crippen LogP contribution in [0.25, 0.3) is 0 Å². The molecule has 0 aliphatic carbocycles. The molecule has 1 aromatic carbocycles. The summed E-state index contributed by atoms with van der Waals surface area (Å²) < 4.78 is 0. The van der Waals surface area contributed by atoms with Crippen molar-refractivity contribution >= 4 is 0 Å². The number of benzene rings is 1. The van der Waals surface area contributed by atoms with E-state index in [0.717, 1.165) is 5.56 Å². The Bertz CT molecular complexity index is 258. The van der Waals surface area contributed by atoms with Crippen molar-refractivity contribution in [3.63, 3.8) is 0 Å². The molecule has 12 heavy (non-hydrogen) atoms. The number of nitrogens with zero attached hydrogens (tertiary/aromatic N) is 1. The van der Waals surface area contributed by atoms with Crippen LogP contribution in [0.5, 0.6) is 0 Å². The number of nitro groups is 1. The molecule has 1 aromatic rings. The quantitative estimate of drug-likeness (QED) is 0.507. The van der Waals surface area contributed by atoms with Crippen molar-refractivity contribution in [3.8, 4) is 0 Å². The maximum Gasteiger partial charge on any atom is 0.238 e. The molecule has 63 valence electrons. The van der Waals surface area contributed by atoms with Gasteiger partial charge in [-0.3, -0.25) is 10.1 Å². The molecule has 1 radical (unpaired) electrons. The van der Waals surface area contributed by atoms with Crippen molar-refractivity contribution in [1.82, 2.24) is 0 Å². The van der Waals surface area contributed by atoms with Gasteiger partial charge in [-0.15, -0.1) is 0 Å². The molecule has 1 atom stereocenters. The first-order valence-electron chi connectivity index (χ1n) is 3.73. The third-order valence-corrected chi connectivity index (χ3v) is 1.71. The Kier molecular flexibility index (Phi) is 2.80. The fraction of sp³-hybridized carbons (Fsp3) is 0.222. The van der Waals surface area contributed by atoms with Gasteiger partial charge in [0.05, 0.1) is 0 Å². The summed E-state index contributed by atoms with van der Waals surface area (Å²) in [6.45, 7) is 3.54. The summed E-state index contributed by atoms with van der Waals surface area (Å²) in [6.07, 6.45) is 0.289. The average molecular weight is 164 g/mol. The van der Waals surface area contributed by atoms with Crippen LogP contribution in [-0.2, 0) is 0 Å². The first kappa shape index (κ1) is 8.71. The zero-order chi connectivity index (χ0) is 8.97. The summed E-state index contributed by atoms with van der Waals surface area (Å²) in [4.78, 5) is 10.2. The van der Waals surface area contributed by atoms with Crippen molar-refractivity contribution in [2.75, 3.05) is 0 Å². The van der Waals surface area contributed by atoms with E-state index in [1.807, 2.05) is 6.07 Å². The van der Waals surface area contributed by atoms with Gasteiger partial charge in [-0.05, 0) is 6.92 Å². The lowest BCUT2D eigenvalue weighted by Gasteiger charge is -2.05. The molecule has 0 aliphatic heterocycles. The van der Waals surface area contributed by atoms with E-state index in [9.17, 15) is 10.1 Å². The van der Waals surface area contributed by atoms with Gasteiger partial charge in [-0.2, -0.15) is 0 Å². The van der Waals surface area contributed by atoms with Gasteiger partial charge >= 0.3 is 0 Å². The van der Waals surface area contributed by atoms with E-state index in [-0.39, 0.29) is 11.3 Å². The molecule has 0 spiro atoms. The van der Waals surface area contributed by atoms with E-state index in [1.165, 1.54) is 0 Å². The van der Waals surface area contributed by atoms with Crippen LogP contribution in [0.4, 0.5) is 0 Å². The summed E-state index contributed by atoms with van der Waals surface area (Å²) >= 11 is 0. The number of hydrogen-bond donors (Lipinski definition) is 0. The Balaban J connectivity index is 2.88. The van der Waals surface area contributed by atoms with Gasteiger partial charge in [-0.1, -0.05) is 30.3 Å². The van der Waals surface area contributed by atoms with Gasteiger partial charge in [0.1, 0.15) is 0 Å². The molecule has 0 aliphatic rings. The van der Waals surface area contributed by atoms with E-state index in [4.69, 9.17) is 0 Å². The smallest absolute Gasteiger partial charge is 0.238 e. The van der Waals surface area contributed by atoms with Crippen molar-refractivity contribution < 1.29 is 4.92 Å². The largest absolute Gasteiger partial charge is 0.264 e. The van der Waals surface area contributed by atoms with Gasteiger partial charge in [0.2, 0.25) is 6.04 Å². The molecular formula is C9H10NO2. The highest BCUT2D eigenvalue weighted by atomic mass is 16.6. The second kappa shape index (κ2) is 3.85. The van der Waals surface area contributed by atoms with Crippen LogP contribution in [0.15, 0.2) is 30.3 Å². The summed E-state index contributed by atoms with van der Waals surface area (Å²) in [6, 6.07) is 8.26. The highest BCUT2D eigenvalue weighted by Crippen LogP contribution is 2.18. The van der Waals surface area contributed by atoms with E-state index in [0.29, 0.717) is 0 Å². The number of hydrogen-bond acceptors (Lipinski definition) is 2. The molecule has 1 rings (SSSR count). The fourth-order valence-electron chi connectivity index (χ4n) is 1.07. The fourth-order valence-corrected chi connectivity index (χ4v) is 1.07. The summed E-state index contributed by atoms with van der Waals surface area (Å²) in [5, 5.41) is 10.5. The Hall–Kier alpha value is -1.38. The third kappa shape index (κ3) is 1.81. The van der Waals surface area contributed by atoms with Gasteiger partial charge < -0.3 is 0 Å². The summed E-state index contributed by atoms with van der Waals surface area (Å²) in [7, 11) is 0. The first-order valence-corrected chi connectivity index (χ1v) is 3.73. The monoisotopic (exact) mass is 164 g/mol. The summed E-state index contributed by atoms with van der Waals surface area (Å²) in [5.74, 6) is 0. The van der Waals surface area contributed by atoms with E-state index >= 15 is 0 Å². The lowest BCUT2D eigenvalue weighted by atomic mass is 10.1. The second-order valence-corrected chi connectivity index (χ2v) is 2.50. The molecule has 3 heteroatoms. The topological polar surface area (TPSA) is 43.1 Å². The molecule has 0 N–H and O–H groups in total. The van der Waals surface area contributed by atoms with Gasteiger partial charge in [0.25, 0.3) is 0 Å². The minimum atomic E-state index is -0.661. The predicted molar refractivity (Wildman–Crippen MR) is 46.2 cm³/mol. The van der Waals surface area contributed by atoms with Gasteiger partial charge in [0, 0.05) is 16.9 Å². The van der Waals surface area contributed by atoms with Crippen LogP contribution in [0.3, 0.4) is 0 Å². The van der Waals surface area contributed by atoms with Crippen LogP contribution in [0.1, 0.15) is 18.0 Å². The molecule has 0 bridgehead atoms. The minimum absolute atomic E-state index is 0.289. The van der Waals surface area contributed by atoms with E-state index in [2.05, 4.69) is 6.92 Å². The Labute approximate surface area is 71.2 Å². The summed E-state index contributed by atoms with van der Waals surface area (Å²) in [5.41, 5.74) is 0.720. The normalized spacial score (nSPS) is 12.4. The van der Waals surface area contributed by atoms with Gasteiger partial charge in [0.15, 0.2) is 0 Å². The molecule has 0 aromatic heterocycles. The third-order valence-electron chi connectivity index (χ3n) is 1.71. The Morgan fingerprint density at radius 1 is 1.42 bits per heavy atom. The van der Waals surface area contributed by atoms with Crippen molar-refractivity contribution in [3.05, 3.63) is 52.9 Å². The second-order valence-electron chi connectivity index (χ2n) is 2.50. The van der Waals surface area contributed by atoms with Crippen LogP contribution in [0, 0.1) is 17.0 Å². The zero-order valence-electron chi connectivity index (χ0n) is 6.64. The van der Waals surface area contributed by atoms with E-state index < -0.39 is 6.04 Å². The Morgan fingerprint density at radius 2 is 2.00 bits per heavy atom. The molecule has 0 amide bonds. The predicted octanol–water partition coefficient (Wildman–Crippen LogP) is 2.23. The first-order chi connectivity index (χ1) is 5.75. The molecule has 0 saturated carbocycles. The maximum absolute atomic E-state index is 10.5. The molecule has 0 saturated heterocycles. The maximum atomic E-state index is 10.5. The van der Waals surface area contributed by atoms with Crippen molar-refractivity contribution in [2.45, 2.75) is 12.5 Å². The standard InChI is InChI=1S/C9H10NO2/c1-2-9(10(11)12)8-6-4-3-5-7-8/h3-7,9H,1-2H2. The van der Waals surface area contributed by atoms with Crippen LogP contribution < -0.4 is 0 Å². The van der Waals surface area contributed by atoms with Crippen LogP contribution >= 0.6 is 0 Å². The van der Waals surface area contributed by atoms with Crippen LogP contribution in [-0.4, -0.2) is 4.92 Å². The molecule has 0 heterocycles. The molecule has 1 unspecified atom stereocenters. The van der Waals surface area contributed by atoms with Crippen molar-refractivity contribution in [2.24, 2.45) is 0 Å². The lowest BCUT2D eigenvalue weighted by Crippen LogP contribution is -2.08. The zero-order valence-corrected chi connectivity index (χ0v) is 6.64. The minimum Gasteiger partial charge on any atom is -0.264 e. The van der Waals surface area contributed by atoms with Gasteiger partial charge in [-0.25, -0.2) is 0 Å². The molecule has 3 nitrogen and oxygen atoms in total. The molecular weight excluding hydrogens is 154 g/mol. The highest BCUT2D eigenvalue weighted by molar-refractivity contribution is 5.17. The average Bonchev–Trinajstić information content (AvgIpc) is 2.07. The SMILES string of the molecule is [CH2]CC(c1ccccc1)[N+](=O)[O-]. The Morgan fingerprint density at radius 3 is 2.42 bits per heavy atom. The number of rotatable bonds is 3.